The van der Waals surface area contributed by atoms with Crippen molar-refractivity contribution >= 4 is 0 Å². The van der Waals surface area contributed by atoms with E-state index in [1.165, 1.54) is 12.1 Å². The highest BCUT2D eigenvalue weighted by Crippen LogP contribution is 2.24. The highest BCUT2D eigenvalue weighted by atomic mass is 19.1. The van der Waals surface area contributed by atoms with Gasteiger partial charge in [-0.25, -0.2) is 9.37 Å². The van der Waals surface area contributed by atoms with E-state index in [0.29, 0.717) is 6.54 Å². The fourth-order valence-electron chi connectivity index (χ4n) is 2.14. The van der Waals surface area contributed by atoms with E-state index in [-0.39, 0.29) is 11.9 Å². The van der Waals surface area contributed by atoms with E-state index in [1.54, 1.807) is 24.7 Å². The van der Waals surface area contributed by atoms with Crippen LogP contribution in [0.5, 0.6) is 0 Å². The molecule has 0 saturated heterocycles. The molecule has 1 heterocycles. The fraction of sp³-hybridized carbons (Fsp3) is 0.357. The van der Waals surface area contributed by atoms with Crippen LogP contribution in [0.25, 0.3) is 11.3 Å². The second kappa shape index (κ2) is 5.78. The minimum Gasteiger partial charge on any atom is -0.328 e. The van der Waals surface area contributed by atoms with E-state index in [9.17, 15) is 4.39 Å². The van der Waals surface area contributed by atoms with Crippen LogP contribution >= 0.6 is 0 Å². The molecule has 1 unspecified atom stereocenters. The largest absolute Gasteiger partial charge is 0.328 e. The molecule has 0 radical (unpaired) electrons. The first-order valence-electron chi connectivity index (χ1n) is 6.24. The Hall–Kier alpha value is -1.68. The molecule has 1 aromatic heterocycles. The zero-order chi connectivity index (χ0) is 13.0. The van der Waals surface area contributed by atoms with Crippen molar-refractivity contribution in [2.45, 2.75) is 25.8 Å². The third-order valence-corrected chi connectivity index (χ3v) is 3.09. The summed E-state index contributed by atoms with van der Waals surface area (Å²) >= 11 is 0. The average molecular weight is 247 g/mol. The predicted molar refractivity (Wildman–Crippen MR) is 70.6 cm³/mol. The molecule has 2 N–H and O–H groups in total. The van der Waals surface area contributed by atoms with E-state index in [1.807, 2.05) is 0 Å². The van der Waals surface area contributed by atoms with E-state index in [2.05, 4.69) is 16.5 Å². The number of hydrogen-bond donors (Lipinski definition) is 1. The van der Waals surface area contributed by atoms with Crippen LogP contribution in [0.3, 0.4) is 0 Å². The summed E-state index contributed by atoms with van der Waals surface area (Å²) in [5, 5.41) is 0. The molecule has 96 valence electrons. The van der Waals surface area contributed by atoms with Gasteiger partial charge in [0.2, 0.25) is 0 Å². The van der Waals surface area contributed by atoms with Crippen LogP contribution in [0.1, 0.15) is 25.8 Å². The molecule has 0 aliphatic rings. The van der Waals surface area contributed by atoms with Gasteiger partial charge in [-0.05, 0) is 36.2 Å². The minimum absolute atomic E-state index is 0.228. The number of hydrogen-bond acceptors (Lipinski definition) is 2. The summed E-state index contributed by atoms with van der Waals surface area (Å²) in [4.78, 5) is 4.19. The fourth-order valence-corrected chi connectivity index (χ4v) is 2.14. The summed E-state index contributed by atoms with van der Waals surface area (Å²) in [5.74, 6) is -0.228. The van der Waals surface area contributed by atoms with Crippen molar-refractivity contribution in [3.05, 3.63) is 42.6 Å². The topological polar surface area (TPSA) is 43.8 Å². The molecule has 18 heavy (non-hydrogen) atoms. The van der Waals surface area contributed by atoms with E-state index in [0.717, 1.165) is 24.1 Å². The molecule has 1 aromatic carbocycles. The molecule has 2 rings (SSSR count). The van der Waals surface area contributed by atoms with Gasteiger partial charge in [0.1, 0.15) is 5.82 Å². The molecule has 4 heteroatoms. The Kier molecular flexibility index (Phi) is 4.10. The monoisotopic (exact) mass is 247 g/mol. The maximum atomic E-state index is 12.9. The Morgan fingerprint density at radius 1 is 1.33 bits per heavy atom. The zero-order valence-electron chi connectivity index (χ0n) is 10.5. The molecule has 1 atom stereocenters. The van der Waals surface area contributed by atoms with Gasteiger partial charge in [0, 0.05) is 12.6 Å². The Balaban J connectivity index is 2.34. The van der Waals surface area contributed by atoms with Crippen LogP contribution in [0.4, 0.5) is 4.39 Å². The van der Waals surface area contributed by atoms with Crippen molar-refractivity contribution in [3.63, 3.8) is 0 Å². The van der Waals surface area contributed by atoms with Gasteiger partial charge in [-0.3, -0.25) is 0 Å². The first kappa shape index (κ1) is 12.8. The molecule has 3 nitrogen and oxygen atoms in total. The van der Waals surface area contributed by atoms with Crippen molar-refractivity contribution in [3.8, 4) is 11.3 Å². The number of nitrogens with zero attached hydrogens (tertiary/aromatic N) is 2. The van der Waals surface area contributed by atoms with Gasteiger partial charge in [0.25, 0.3) is 0 Å². The second-order valence-electron chi connectivity index (χ2n) is 4.37. The SMILES string of the molecule is CCCC(CN)n1cncc1-c1ccc(F)cc1. The summed E-state index contributed by atoms with van der Waals surface area (Å²) < 4.78 is 15.0. The summed E-state index contributed by atoms with van der Waals surface area (Å²) in [6.07, 6.45) is 5.68. The maximum Gasteiger partial charge on any atom is 0.123 e. The molecule has 0 aliphatic heterocycles. The van der Waals surface area contributed by atoms with Crippen molar-refractivity contribution in [1.29, 1.82) is 0 Å². The molecule has 0 fully saturated rings. The molecular formula is C14H18FN3. The Labute approximate surface area is 106 Å². The summed E-state index contributed by atoms with van der Waals surface area (Å²) in [6, 6.07) is 6.70. The van der Waals surface area contributed by atoms with Crippen LogP contribution in [0.15, 0.2) is 36.8 Å². The van der Waals surface area contributed by atoms with Crippen LogP contribution < -0.4 is 5.73 Å². The molecule has 0 amide bonds. The van der Waals surface area contributed by atoms with E-state index >= 15 is 0 Å². The number of rotatable bonds is 5. The Morgan fingerprint density at radius 2 is 2.06 bits per heavy atom. The van der Waals surface area contributed by atoms with Crippen LogP contribution in [0.2, 0.25) is 0 Å². The lowest BCUT2D eigenvalue weighted by molar-refractivity contribution is 0.473. The van der Waals surface area contributed by atoms with Gasteiger partial charge in [-0.1, -0.05) is 13.3 Å². The second-order valence-corrected chi connectivity index (χ2v) is 4.37. The lowest BCUT2D eigenvalue weighted by Crippen LogP contribution is -2.19. The van der Waals surface area contributed by atoms with Crippen molar-refractivity contribution < 1.29 is 4.39 Å². The Bertz CT molecular complexity index is 490. The number of nitrogens with two attached hydrogens (primary N) is 1. The number of benzene rings is 1. The number of imidazole rings is 1. The lowest BCUT2D eigenvalue weighted by atomic mass is 10.1. The molecule has 0 saturated carbocycles. The number of aromatic nitrogens is 2. The average Bonchev–Trinajstić information content (AvgIpc) is 2.86. The van der Waals surface area contributed by atoms with Crippen LogP contribution in [-0.4, -0.2) is 16.1 Å². The standard InChI is InChI=1S/C14H18FN3/c1-2-3-13(8-16)18-10-17-9-14(18)11-4-6-12(15)7-5-11/h4-7,9-10,13H,2-3,8,16H2,1H3. The number of halogens is 1. The van der Waals surface area contributed by atoms with Crippen molar-refractivity contribution in [1.82, 2.24) is 9.55 Å². The van der Waals surface area contributed by atoms with Gasteiger partial charge >= 0.3 is 0 Å². The molecule has 2 aromatic rings. The van der Waals surface area contributed by atoms with Gasteiger partial charge in [0.05, 0.1) is 18.2 Å². The predicted octanol–water partition coefficient (Wildman–Crippen LogP) is 2.99. The van der Waals surface area contributed by atoms with Gasteiger partial charge in [-0.15, -0.1) is 0 Å². The van der Waals surface area contributed by atoms with Gasteiger partial charge in [0.15, 0.2) is 0 Å². The third kappa shape index (κ3) is 2.59. The van der Waals surface area contributed by atoms with Crippen LogP contribution in [0, 0.1) is 5.82 Å². The highest BCUT2D eigenvalue weighted by Gasteiger charge is 2.13. The molecule has 0 spiro atoms. The zero-order valence-corrected chi connectivity index (χ0v) is 10.5. The first-order chi connectivity index (χ1) is 8.76. The summed E-state index contributed by atoms with van der Waals surface area (Å²) in [6.45, 7) is 2.72. The maximum absolute atomic E-state index is 12.9. The summed E-state index contributed by atoms with van der Waals surface area (Å²) in [7, 11) is 0. The third-order valence-electron chi connectivity index (χ3n) is 3.09. The van der Waals surface area contributed by atoms with Gasteiger partial charge in [-0.2, -0.15) is 0 Å². The van der Waals surface area contributed by atoms with Crippen molar-refractivity contribution in [2.75, 3.05) is 6.54 Å². The van der Waals surface area contributed by atoms with Gasteiger partial charge < -0.3 is 10.3 Å². The van der Waals surface area contributed by atoms with Crippen LogP contribution in [-0.2, 0) is 0 Å². The van der Waals surface area contributed by atoms with E-state index in [4.69, 9.17) is 5.73 Å². The van der Waals surface area contributed by atoms with E-state index < -0.39 is 0 Å². The molecular weight excluding hydrogens is 229 g/mol. The smallest absolute Gasteiger partial charge is 0.123 e. The Morgan fingerprint density at radius 3 is 2.67 bits per heavy atom. The molecule has 0 bridgehead atoms. The van der Waals surface area contributed by atoms with Crippen molar-refractivity contribution in [2.24, 2.45) is 5.73 Å². The highest BCUT2D eigenvalue weighted by molar-refractivity contribution is 5.58. The minimum atomic E-state index is -0.228. The first-order valence-corrected chi connectivity index (χ1v) is 6.24. The molecule has 0 aliphatic carbocycles. The lowest BCUT2D eigenvalue weighted by Gasteiger charge is -2.18. The normalized spacial score (nSPS) is 12.6. The summed E-state index contributed by atoms with van der Waals surface area (Å²) in [5.41, 5.74) is 7.76. The quantitative estimate of drug-likeness (QED) is 0.882.